The largest absolute Gasteiger partial charge is 0.317 e. The van der Waals surface area contributed by atoms with Crippen molar-refractivity contribution < 1.29 is 0 Å². The predicted molar refractivity (Wildman–Crippen MR) is 67.1 cm³/mol. The molecule has 0 radical (unpaired) electrons. The minimum Gasteiger partial charge on any atom is -0.317 e. The molecule has 3 atom stereocenters. The molecule has 3 unspecified atom stereocenters. The van der Waals surface area contributed by atoms with Gasteiger partial charge in [0.1, 0.15) is 0 Å². The second-order valence-corrected chi connectivity index (χ2v) is 5.31. The molecule has 1 aliphatic heterocycles. The summed E-state index contributed by atoms with van der Waals surface area (Å²) in [7, 11) is 2.09. The fourth-order valence-electron chi connectivity index (χ4n) is 2.85. The van der Waals surface area contributed by atoms with Crippen LogP contribution >= 0.6 is 0 Å². The molecule has 1 fully saturated rings. The topological polar surface area (TPSA) is 15.3 Å². The van der Waals surface area contributed by atoms with Gasteiger partial charge in [-0.25, -0.2) is 0 Å². The van der Waals surface area contributed by atoms with Crippen LogP contribution in [0.4, 0.5) is 0 Å². The normalized spacial score (nSPS) is 30.4. The van der Waals surface area contributed by atoms with Gasteiger partial charge in [0.25, 0.3) is 0 Å². The summed E-state index contributed by atoms with van der Waals surface area (Å²) in [5.41, 5.74) is 0. The lowest BCUT2D eigenvalue weighted by Crippen LogP contribution is -2.48. The van der Waals surface area contributed by atoms with Crippen LogP contribution in [0.5, 0.6) is 0 Å². The average molecular weight is 212 g/mol. The van der Waals surface area contributed by atoms with Crippen molar-refractivity contribution in [3.05, 3.63) is 0 Å². The van der Waals surface area contributed by atoms with E-state index in [0.29, 0.717) is 0 Å². The molecule has 0 aromatic carbocycles. The summed E-state index contributed by atoms with van der Waals surface area (Å²) in [6, 6.07) is 0.739. The van der Waals surface area contributed by atoms with E-state index < -0.39 is 0 Å². The molecule has 2 nitrogen and oxygen atoms in total. The first kappa shape index (κ1) is 13.0. The minimum absolute atomic E-state index is 0.739. The second kappa shape index (κ2) is 6.49. The number of hydrogen-bond donors (Lipinski definition) is 1. The Morgan fingerprint density at radius 3 is 2.73 bits per heavy atom. The van der Waals surface area contributed by atoms with Crippen LogP contribution in [0.25, 0.3) is 0 Å². The Bertz CT molecular complexity index is 168. The van der Waals surface area contributed by atoms with Crippen molar-refractivity contribution in [2.75, 3.05) is 26.7 Å². The van der Waals surface area contributed by atoms with Crippen LogP contribution in [0.1, 0.15) is 40.0 Å². The van der Waals surface area contributed by atoms with E-state index in [2.05, 4.69) is 38.0 Å². The molecule has 2 heteroatoms. The van der Waals surface area contributed by atoms with Gasteiger partial charge in [-0.05, 0) is 38.3 Å². The third-order valence-corrected chi connectivity index (χ3v) is 3.71. The molecule has 15 heavy (non-hydrogen) atoms. The van der Waals surface area contributed by atoms with Gasteiger partial charge in [0.2, 0.25) is 0 Å². The molecule has 1 aliphatic rings. The molecule has 1 saturated heterocycles. The molecular formula is C13H28N2. The highest BCUT2D eigenvalue weighted by atomic mass is 15.1. The number of nitrogens with zero attached hydrogens (tertiary/aromatic N) is 1. The highest BCUT2D eigenvalue weighted by molar-refractivity contribution is 4.82. The van der Waals surface area contributed by atoms with E-state index in [9.17, 15) is 0 Å². The summed E-state index contributed by atoms with van der Waals surface area (Å²) in [6.07, 6.45) is 4.01. The lowest BCUT2D eigenvalue weighted by atomic mass is 9.93. The number of hydrogen-bond acceptors (Lipinski definition) is 2. The van der Waals surface area contributed by atoms with Crippen molar-refractivity contribution in [2.24, 2.45) is 11.8 Å². The molecule has 1 heterocycles. The van der Waals surface area contributed by atoms with Gasteiger partial charge in [-0.3, -0.25) is 0 Å². The first-order chi connectivity index (χ1) is 7.17. The van der Waals surface area contributed by atoms with E-state index >= 15 is 0 Å². The molecule has 0 spiro atoms. The number of nitrogens with one attached hydrogen (secondary N) is 1. The first-order valence-electron chi connectivity index (χ1n) is 6.57. The quantitative estimate of drug-likeness (QED) is 0.752. The van der Waals surface area contributed by atoms with Gasteiger partial charge in [-0.15, -0.1) is 0 Å². The van der Waals surface area contributed by atoms with Crippen molar-refractivity contribution in [3.63, 3.8) is 0 Å². The van der Waals surface area contributed by atoms with Crippen LogP contribution in [-0.2, 0) is 0 Å². The third-order valence-electron chi connectivity index (χ3n) is 3.71. The van der Waals surface area contributed by atoms with Gasteiger partial charge in [0.15, 0.2) is 0 Å². The van der Waals surface area contributed by atoms with Gasteiger partial charge in [-0.1, -0.05) is 27.2 Å². The van der Waals surface area contributed by atoms with E-state index in [1.807, 2.05) is 0 Å². The number of likely N-dealkylation sites (tertiary alicyclic amines) is 1. The van der Waals surface area contributed by atoms with Gasteiger partial charge in [-0.2, -0.15) is 0 Å². The molecule has 1 rings (SSSR count). The van der Waals surface area contributed by atoms with E-state index in [1.165, 1.54) is 38.9 Å². The molecule has 0 aromatic rings. The third kappa shape index (κ3) is 4.12. The Kier molecular flexibility index (Phi) is 5.62. The maximum atomic E-state index is 3.43. The Hall–Kier alpha value is -0.0800. The minimum atomic E-state index is 0.739. The zero-order chi connectivity index (χ0) is 11.3. The Labute approximate surface area is 95.4 Å². The molecule has 90 valence electrons. The van der Waals surface area contributed by atoms with Crippen molar-refractivity contribution in [2.45, 2.75) is 46.1 Å². The van der Waals surface area contributed by atoms with Crippen LogP contribution in [0.15, 0.2) is 0 Å². The Balaban J connectivity index is 2.28. The molecule has 0 aliphatic carbocycles. The van der Waals surface area contributed by atoms with E-state index in [0.717, 1.165) is 17.9 Å². The Morgan fingerprint density at radius 2 is 2.20 bits per heavy atom. The summed E-state index contributed by atoms with van der Waals surface area (Å²) >= 11 is 0. The van der Waals surface area contributed by atoms with Crippen molar-refractivity contribution in [3.8, 4) is 0 Å². The van der Waals surface area contributed by atoms with Gasteiger partial charge < -0.3 is 10.2 Å². The maximum absolute atomic E-state index is 3.43. The van der Waals surface area contributed by atoms with E-state index in [-0.39, 0.29) is 0 Å². The van der Waals surface area contributed by atoms with Crippen LogP contribution in [0, 0.1) is 11.8 Å². The fourth-order valence-corrected chi connectivity index (χ4v) is 2.85. The van der Waals surface area contributed by atoms with E-state index in [4.69, 9.17) is 0 Å². The highest BCUT2D eigenvalue weighted by Crippen LogP contribution is 2.18. The molecule has 0 bridgehead atoms. The Morgan fingerprint density at radius 1 is 1.47 bits per heavy atom. The lowest BCUT2D eigenvalue weighted by molar-refractivity contribution is 0.133. The molecule has 0 amide bonds. The van der Waals surface area contributed by atoms with Crippen molar-refractivity contribution in [1.29, 1.82) is 0 Å². The molecular weight excluding hydrogens is 184 g/mol. The fraction of sp³-hybridized carbons (Fsp3) is 1.00. The highest BCUT2D eigenvalue weighted by Gasteiger charge is 2.25. The van der Waals surface area contributed by atoms with Crippen LogP contribution < -0.4 is 5.32 Å². The van der Waals surface area contributed by atoms with Gasteiger partial charge >= 0.3 is 0 Å². The SMILES string of the molecule is CCCC(C)CN1CCC(NC)C(C)C1. The first-order valence-corrected chi connectivity index (χ1v) is 6.57. The van der Waals surface area contributed by atoms with Crippen molar-refractivity contribution >= 4 is 0 Å². The average Bonchev–Trinajstić information content (AvgIpc) is 2.18. The number of rotatable bonds is 5. The summed E-state index contributed by atoms with van der Waals surface area (Å²) in [5, 5.41) is 3.43. The van der Waals surface area contributed by atoms with Crippen LogP contribution in [0.3, 0.4) is 0 Å². The van der Waals surface area contributed by atoms with Gasteiger partial charge in [0, 0.05) is 19.1 Å². The standard InChI is InChI=1S/C13H28N2/c1-5-6-11(2)9-15-8-7-13(14-4)12(3)10-15/h11-14H,5-10H2,1-4H3. The van der Waals surface area contributed by atoms with Crippen molar-refractivity contribution in [1.82, 2.24) is 10.2 Å². The monoisotopic (exact) mass is 212 g/mol. The molecule has 0 aromatic heterocycles. The maximum Gasteiger partial charge on any atom is 0.0114 e. The summed E-state index contributed by atoms with van der Waals surface area (Å²) in [5.74, 6) is 1.67. The van der Waals surface area contributed by atoms with Crippen LogP contribution in [0.2, 0.25) is 0 Å². The van der Waals surface area contributed by atoms with E-state index in [1.54, 1.807) is 0 Å². The number of piperidine rings is 1. The summed E-state index contributed by atoms with van der Waals surface area (Å²) < 4.78 is 0. The second-order valence-electron chi connectivity index (χ2n) is 5.31. The summed E-state index contributed by atoms with van der Waals surface area (Å²) in [4.78, 5) is 2.65. The smallest absolute Gasteiger partial charge is 0.0114 e. The van der Waals surface area contributed by atoms with Crippen LogP contribution in [-0.4, -0.2) is 37.6 Å². The van der Waals surface area contributed by atoms with Gasteiger partial charge in [0.05, 0.1) is 0 Å². The molecule has 1 N–H and O–H groups in total. The zero-order valence-electron chi connectivity index (χ0n) is 10.9. The molecule has 0 saturated carbocycles. The predicted octanol–water partition coefficient (Wildman–Crippen LogP) is 2.35. The summed E-state index contributed by atoms with van der Waals surface area (Å²) in [6.45, 7) is 10.9. The zero-order valence-corrected chi connectivity index (χ0v) is 10.9. The lowest BCUT2D eigenvalue weighted by Gasteiger charge is -2.38.